The molecule has 0 spiro atoms. The monoisotopic (exact) mass is 463 g/mol. The maximum absolute atomic E-state index is 13.1. The lowest BCUT2D eigenvalue weighted by Gasteiger charge is -2.30. The van der Waals surface area contributed by atoms with Crippen molar-refractivity contribution in [2.24, 2.45) is 0 Å². The minimum absolute atomic E-state index is 0.0201. The van der Waals surface area contributed by atoms with Crippen molar-refractivity contribution < 1.29 is 24.0 Å². The van der Waals surface area contributed by atoms with E-state index in [0.29, 0.717) is 18.0 Å². The van der Waals surface area contributed by atoms with Crippen LogP contribution >= 0.6 is 11.6 Å². The Kier molecular flexibility index (Phi) is 9.27. The Morgan fingerprint density at radius 1 is 1.19 bits per heavy atom. The maximum Gasteiger partial charge on any atom is 0.311 e. The first-order valence-corrected chi connectivity index (χ1v) is 10.4. The van der Waals surface area contributed by atoms with E-state index in [1.54, 1.807) is 31.2 Å². The highest BCUT2D eigenvalue weighted by Gasteiger charge is 2.28. The van der Waals surface area contributed by atoms with E-state index in [4.69, 9.17) is 21.1 Å². The third kappa shape index (κ3) is 6.58. The summed E-state index contributed by atoms with van der Waals surface area (Å²) in [5, 5.41) is 14.4. The molecule has 10 heteroatoms. The smallest absolute Gasteiger partial charge is 0.311 e. The van der Waals surface area contributed by atoms with Gasteiger partial charge in [-0.1, -0.05) is 30.7 Å². The van der Waals surface area contributed by atoms with Gasteiger partial charge in [0.05, 0.1) is 12.0 Å². The first kappa shape index (κ1) is 24.9. The molecule has 2 amide bonds. The van der Waals surface area contributed by atoms with Gasteiger partial charge < -0.3 is 19.7 Å². The number of amides is 2. The predicted molar refractivity (Wildman–Crippen MR) is 120 cm³/mol. The molecule has 0 aliphatic heterocycles. The molecule has 1 atom stereocenters. The standard InChI is InChI=1S/C22H26ClN3O6/c1-4-18(22(28)24-5-2)25(13-15-6-8-16(23)9-7-15)21(27)14-32-17-10-11-19(26(29)30)20(12-17)31-3/h6-12,18H,4-5,13-14H2,1-3H3,(H,24,28). The van der Waals surface area contributed by atoms with Crippen LogP contribution in [-0.4, -0.2) is 47.9 Å². The second kappa shape index (κ2) is 11.9. The number of benzene rings is 2. The number of methoxy groups -OCH3 is 1. The molecule has 172 valence electrons. The molecule has 9 nitrogen and oxygen atoms in total. The second-order valence-corrected chi connectivity index (χ2v) is 7.28. The van der Waals surface area contributed by atoms with Crippen LogP contribution in [0.2, 0.25) is 5.02 Å². The van der Waals surface area contributed by atoms with Crippen molar-refractivity contribution in [1.29, 1.82) is 0 Å². The van der Waals surface area contributed by atoms with Gasteiger partial charge in [-0.3, -0.25) is 19.7 Å². The van der Waals surface area contributed by atoms with Gasteiger partial charge in [0.1, 0.15) is 11.8 Å². The Labute approximate surface area is 191 Å². The van der Waals surface area contributed by atoms with E-state index < -0.39 is 16.9 Å². The molecule has 0 fully saturated rings. The summed E-state index contributed by atoms with van der Waals surface area (Å²) in [5.74, 6) is -0.408. The quantitative estimate of drug-likeness (QED) is 0.402. The summed E-state index contributed by atoms with van der Waals surface area (Å²) in [4.78, 5) is 37.6. The van der Waals surface area contributed by atoms with Gasteiger partial charge in [-0.05, 0) is 37.1 Å². The minimum Gasteiger partial charge on any atom is -0.490 e. The summed E-state index contributed by atoms with van der Waals surface area (Å²) in [6.07, 6.45) is 0.413. The number of carbonyl (C=O) groups excluding carboxylic acids is 2. The second-order valence-electron chi connectivity index (χ2n) is 6.85. The Morgan fingerprint density at radius 2 is 1.88 bits per heavy atom. The highest BCUT2D eigenvalue weighted by molar-refractivity contribution is 6.30. The van der Waals surface area contributed by atoms with Crippen LogP contribution in [0.1, 0.15) is 25.8 Å². The third-order valence-corrected chi connectivity index (χ3v) is 4.97. The van der Waals surface area contributed by atoms with E-state index in [9.17, 15) is 19.7 Å². The number of hydrogen-bond donors (Lipinski definition) is 1. The molecular formula is C22H26ClN3O6. The number of rotatable bonds is 11. The highest BCUT2D eigenvalue weighted by Crippen LogP contribution is 2.30. The Hall–Kier alpha value is -3.33. The zero-order valence-corrected chi connectivity index (χ0v) is 18.9. The molecule has 0 saturated carbocycles. The lowest BCUT2D eigenvalue weighted by Crippen LogP contribution is -2.50. The summed E-state index contributed by atoms with van der Waals surface area (Å²) in [6.45, 7) is 3.91. The fraction of sp³-hybridized carbons (Fsp3) is 0.364. The van der Waals surface area contributed by atoms with Crippen molar-refractivity contribution >= 4 is 29.1 Å². The van der Waals surface area contributed by atoms with Crippen molar-refractivity contribution in [3.8, 4) is 11.5 Å². The average Bonchev–Trinajstić information content (AvgIpc) is 2.78. The van der Waals surface area contributed by atoms with Crippen LogP contribution in [-0.2, 0) is 16.1 Å². The van der Waals surface area contributed by atoms with E-state index >= 15 is 0 Å². The third-order valence-electron chi connectivity index (χ3n) is 4.71. The summed E-state index contributed by atoms with van der Waals surface area (Å²) in [5.41, 5.74) is 0.598. The van der Waals surface area contributed by atoms with Gasteiger partial charge >= 0.3 is 5.69 Å². The Morgan fingerprint density at radius 3 is 2.44 bits per heavy atom. The number of halogens is 1. The number of ether oxygens (including phenoxy) is 2. The van der Waals surface area contributed by atoms with Crippen LogP contribution in [0, 0.1) is 10.1 Å². The van der Waals surface area contributed by atoms with Gasteiger partial charge in [0.2, 0.25) is 11.7 Å². The number of nitro benzene ring substituents is 1. The molecule has 2 rings (SSSR count). The van der Waals surface area contributed by atoms with Crippen molar-refractivity contribution in [1.82, 2.24) is 10.2 Å². The van der Waals surface area contributed by atoms with Crippen LogP contribution in [0.4, 0.5) is 5.69 Å². The van der Waals surface area contributed by atoms with Gasteiger partial charge in [0.25, 0.3) is 5.91 Å². The maximum atomic E-state index is 13.1. The van der Waals surface area contributed by atoms with Crippen molar-refractivity contribution in [2.45, 2.75) is 32.9 Å². The molecule has 32 heavy (non-hydrogen) atoms. The lowest BCUT2D eigenvalue weighted by molar-refractivity contribution is -0.385. The summed E-state index contributed by atoms with van der Waals surface area (Å²) < 4.78 is 10.6. The SMILES string of the molecule is CCNC(=O)C(CC)N(Cc1ccc(Cl)cc1)C(=O)COc1ccc([N+](=O)[O-])c(OC)c1. The van der Waals surface area contributed by atoms with Crippen molar-refractivity contribution in [2.75, 3.05) is 20.3 Å². The highest BCUT2D eigenvalue weighted by atomic mass is 35.5. The van der Waals surface area contributed by atoms with E-state index in [2.05, 4.69) is 5.32 Å². The topological polar surface area (TPSA) is 111 Å². The van der Waals surface area contributed by atoms with Crippen molar-refractivity contribution in [3.63, 3.8) is 0 Å². The molecule has 0 bridgehead atoms. The molecule has 0 aromatic heterocycles. The molecule has 1 N–H and O–H groups in total. The number of hydrogen-bond acceptors (Lipinski definition) is 6. The van der Waals surface area contributed by atoms with Gasteiger partial charge in [0.15, 0.2) is 6.61 Å². The predicted octanol–water partition coefficient (Wildman–Crippen LogP) is 3.58. The Balaban J connectivity index is 2.22. The van der Waals surface area contributed by atoms with Gasteiger partial charge in [-0.25, -0.2) is 0 Å². The summed E-state index contributed by atoms with van der Waals surface area (Å²) in [7, 11) is 1.31. The first-order valence-electron chi connectivity index (χ1n) is 10.1. The normalized spacial score (nSPS) is 11.4. The summed E-state index contributed by atoms with van der Waals surface area (Å²) >= 11 is 5.95. The van der Waals surface area contributed by atoms with Gasteiger partial charge in [-0.15, -0.1) is 0 Å². The van der Waals surface area contributed by atoms with E-state index in [1.807, 2.05) is 6.92 Å². The van der Waals surface area contributed by atoms with Crippen LogP contribution < -0.4 is 14.8 Å². The number of nitro groups is 1. The number of carbonyl (C=O) groups is 2. The zero-order chi connectivity index (χ0) is 23.7. The van der Waals surface area contributed by atoms with E-state index in [0.717, 1.165) is 5.56 Å². The van der Waals surface area contributed by atoms with Gasteiger partial charge in [-0.2, -0.15) is 0 Å². The largest absolute Gasteiger partial charge is 0.490 e. The van der Waals surface area contributed by atoms with E-state index in [1.165, 1.54) is 30.2 Å². The summed E-state index contributed by atoms with van der Waals surface area (Å²) in [6, 6.07) is 10.3. The molecule has 2 aromatic rings. The van der Waals surface area contributed by atoms with E-state index in [-0.39, 0.29) is 36.2 Å². The molecule has 0 heterocycles. The molecule has 0 saturated heterocycles. The average molecular weight is 464 g/mol. The van der Waals surface area contributed by atoms with Crippen LogP contribution in [0.5, 0.6) is 11.5 Å². The lowest BCUT2D eigenvalue weighted by atomic mass is 10.1. The number of nitrogens with one attached hydrogen (secondary N) is 1. The minimum atomic E-state index is -0.687. The van der Waals surface area contributed by atoms with Crippen LogP contribution in [0.3, 0.4) is 0 Å². The Bertz CT molecular complexity index is 951. The van der Waals surface area contributed by atoms with Crippen molar-refractivity contribution in [3.05, 3.63) is 63.2 Å². The first-order chi connectivity index (χ1) is 15.3. The molecule has 1 unspecified atom stereocenters. The van der Waals surface area contributed by atoms with Gasteiger partial charge in [0, 0.05) is 30.2 Å². The molecule has 2 aromatic carbocycles. The molecule has 0 aliphatic rings. The molecule has 0 radical (unpaired) electrons. The zero-order valence-electron chi connectivity index (χ0n) is 18.2. The molecular weight excluding hydrogens is 438 g/mol. The van der Waals surface area contributed by atoms with Crippen LogP contribution in [0.15, 0.2) is 42.5 Å². The number of nitrogens with zero attached hydrogens (tertiary/aromatic N) is 2. The fourth-order valence-electron chi connectivity index (χ4n) is 3.12. The number of likely N-dealkylation sites (N-methyl/N-ethyl adjacent to an activating group) is 1. The fourth-order valence-corrected chi connectivity index (χ4v) is 3.25. The van der Waals surface area contributed by atoms with Crippen LogP contribution in [0.25, 0.3) is 0 Å². The molecule has 0 aliphatic carbocycles.